The van der Waals surface area contributed by atoms with Crippen molar-refractivity contribution in [3.05, 3.63) is 57.6 Å². The summed E-state index contributed by atoms with van der Waals surface area (Å²) in [6, 6.07) is 8.96. The summed E-state index contributed by atoms with van der Waals surface area (Å²) in [5, 5.41) is 18.6. The number of methoxy groups -OCH3 is 2. The lowest BCUT2D eigenvalue weighted by molar-refractivity contribution is 0.0712. The van der Waals surface area contributed by atoms with Crippen LogP contribution in [0.3, 0.4) is 0 Å². The van der Waals surface area contributed by atoms with E-state index >= 15 is 0 Å². The Bertz CT molecular complexity index is 1080. The number of hydrogen-bond acceptors (Lipinski definition) is 8. The molecule has 2 aliphatic carbocycles. The summed E-state index contributed by atoms with van der Waals surface area (Å²) in [4.78, 5) is 0. The fourth-order valence-corrected chi connectivity index (χ4v) is 6.91. The van der Waals surface area contributed by atoms with E-state index in [-0.39, 0.29) is 42.7 Å². The molecule has 0 fully saturated rings. The van der Waals surface area contributed by atoms with Gasteiger partial charge >= 0.3 is 0 Å². The van der Waals surface area contributed by atoms with Crippen molar-refractivity contribution >= 4 is 0 Å². The van der Waals surface area contributed by atoms with Crippen molar-refractivity contribution in [2.24, 2.45) is 0 Å². The van der Waals surface area contributed by atoms with Crippen LogP contribution < -0.4 is 9.47 Å². The monoisotopic (exact) mass is 572 g/mol. The van der Waals surface area contributed by atoms with E-state index in [9.17, 15) is 10.2 Å². The number of aliphatic hydroxyl groups excluding tert-OH is 2. The van der Waals surface area contributed by atoms with Gasteiger partial charge in [0.1, 0.15) is 13.2 Å². The first-order chi connectivity index (χ1) is 19.6. The molecule has 0 amide bonds. The molecule has 1 unspecified atom stereocenters. The van der Waals surface area contributed by atoms with Crippen LogP contribution in [0.5, 0.6) is 11.5 Å². The zero-order valence-corrected chi connectivity index (χ0v) is 25.6. The predicted molar refractivity (Wildman–Crippen MR) is 157 cm³/mol. The average molecular weight is 573 g/mol. The van der Waals surface area contributed by atoms with Gasteiger partial charge in [0.15, 0.2) is 11.5 Å². The number of hydrogen-bond donors (Lipinski definition) is 2. The maximum Gasteiger partial charge on any atom is 0.161 e. The summed E-state index contributed by atoms with van der Waals surface area (Å²) in [5.41, 5.74) is 6.93. The van der Waals surface area contributed by atoms with Crippen LogP contribution >= 0.6 is 0 Å². The highest BCUT2D eigenvalue weighted by atomic mass is 16.5. The van der Waals surface area contributed by atoms with E-state index in [1.54, 1.807) is 14.2 Å². The second kappa shape index (κ2) is 13.4. The Morgan fingerprint density at radius 2 is 1.00 bits per heavy atom. The topological polar surface area (TPSA) is 95.8 Å². The quantitative estimate of drug-likeness (QED) is 0.286. The molecule has 2 N–H and O–H groups in total. The van der Waals surface area contributed by atoms with Gasteiger partial charge < -0.3 is 38.6 Å². The summed E-state index contributed by atoms with van der Waals surface area (Å²) in [5.74, 6) is 1.45. The molecule has 2 aromatic carbocycles. The molecule has 0 bridgehead atoms. The molecule has 8 nitrogen and oxygen atoms in total. The van der Waals surface area contributed by atoms with Crippen molar-refractivity contribution in [2.45, 2.75) is 70.0 Å². The van der Waals surface area contributed by atoms with E-state index in [0.29, 0.717) is 39.6 Å². The van der Waals surface area contributed by atoms with Gasteiger partial charge in [-0.05, 0) is 69.2 Å². The van der Waals surface area contributed by atoms with Gasteiger partial charge in [-0.2, -0.15) is 0 Å². The maximum atomic E-state index is 9.32. The molecule has 8 heteroatoms. The maximum absolute atomic E-state index is 9.32. The van der Waals surface area contributed by atoms with Crippen LogP contribution in [0, 0.1) is 0 Å². The zero-order valence-electron chi connectivity index (χ0n) is 25.6. The van der Waals surface area contributed by atoms with E-state index in [2.05, 4.69) is 52.0 Å². The lowest BCUT2D eigenvalue weighted by atomic mass is 9.72. The number of ether oxygens (including phenoxy) is 6. The van der Waals surface area contributed by atoms with Gasteiger partial charge in [-0.25, -0.2) is 0 Å². The number of benzene rings is 2. The Morgan fingerprint density at radius 3 is 1.46 bits per heavy atom. The van der Waals surface area contributed by atoms with Crippen LogP contribution in [0.2, 0.25) is 0 Å². The van der Waals surface area contributed by atoms with Gasteiger partial charge in [0.2, 0.25) is 0 Å². The van der Waals surface area contributed by atoms with Gasteiger partial charge in [-0.15, -0.1) is 0 Å². The summed E-state index contributed by atoms with van der Waals surface area (Å²) in [6.45, 7) is 12.4. The summed E-state index contributed by atoms with van der Waals surface area (Å²) in [6.07, 6.45) is 1.92. The molecule has 0 aromatic heterocycles. The van der Waals surface area contributed by atoms with Crippen LogP contribution in [0.25, 0.3) is 0 Å². The Labute approximate surface area is 244 Å². The zero-order chi connectivity index (χ0) is 29.7. The first-order valence-electron chi connectivity index (χ1n) is 14.6. The van der Waals surface area contributed by atoms with Crippen LogP contribution in [0.1, 0.15) is 73.9 Å². The van der Waals surface area contributed by atoms with Crippen molar-refractivity contribution < 1.29 is 38.6 Å². The summed E-state index contributed by atoms with van der Waals surface area (Å²) in [7, 11) is 3.34. The highest BCUT2D eigenvalue weighted by Gasteiger charge is 2.56. The van der Waals surface area contributed by atoms with Crippen LogP contribution in [0.4, 0.5) is 0 Å². The molecule has 2 aromatic rings. The van der Waals surface area contributed by atoms with Gasteiger partial charge in [0.05, 0.1) is 52.9 Å². The van der Waals surface area contributed by atoms with Crippen molar-refractivity contribution in [1.82, 2.24) is 0 Å². The number of aliphatic hydroxyl groups is 2. The molecule has 0 saturated carbocycles. The van der Waals surface area contributed by atoms with Crippen molar-refractivity contribution in [3.63, 3.8) is 0 Å². The van der Waals surface area contributed by atoms with Crippen LogP contribution in [0.15, 0.2) is 24.3 Å². The van der Waals surface area contributed by atoms with Crippen molar-refractivity contribution in [2.75, 3.05) is 67.1 Å². The lowest BCUT2D eigenvalue weighted by Crippen LogP contribution is -2.27. The van der Waals surface area contributed by atoms with E-state index in [1.165, 1.54) is 22.3 Å². The first-order valence-corrected chi connectivity index (χ1v) is 14.6. The Balaban J connectivity index is 1.85. The molecular weight excluding hydrogens is 524 g/mol. The fourth-order valence-electron chi connectivity index (χ4n) is 6.91. The molecular formula is C33H48O8. The standard InChI is InChI=1S/C33H48O8/c1-31(2)21-33(27-16-24(20-39-10-8-35)23(15-25(27)31)19-38-9-7-34)22-32(3,4)26-17-29(40-13-11-36-5)30(18-28(26)33)41-14-12-37-6/h15-18,34-35H,7-14,19-22H2,1-6H3. The molecule has 228 valence electrons. The highest BCUT2D eigenvalue weighted by molar-refractivity contribution is 5.64. The van der Waals surface area contributed by atoms with E-state index < -0.39 is 0 Å². The molecule has 4 rings (SSSR count). The van der Waals surface area contributed by atoms with Gasteiger partial charge in [-0.1, -0.05) is 39.8 Å². The predicted octanol–water partition coefficient (Wildman–Crippen LogP) is 4.40. The third kappa shape index (κ3) is 6.58. The van der Waals surface area contributed by atoms with Gasteiger partial charge in [0, 0.05) is 19.6 Å². The fraction of sp³-hybridized carbons (Fsp3) is 0.636. The van der Waals surface area contributed by atoms with Gasteiger partial charge in [0.25, 0.3) is 0 Å². The SMILES string of the molecule is COCCOc1cc2c(cc1OCCOC)C1(CC(C)(C)c3cc(COCCO)c(COCCO)cc31)CC2(C)C. The smallest absolute Gasteiger partial charge is 0.161 e. The molecule has 0 saturated heterocycles. The van der Waals surface area contributed by atoms with E-state index in [1.807, 2.05) is 0 Å². The number of fused-ring (bicyclic) bond motifs is 4. The normalized spacial score (nSPS) is 19.9. The average Bonchev–Trinajstić information content (AvgIpc) is 3.28. The second-order valence-corrected chi connectivity index (χ2v) is 12.4. The molecule has 1 atom stereocenters. The Hall–Kier alpha value is -2.20. The highest BCUT2D eigenvalue weighted by Crippen LogP contribution is 2.64. The van der Waals surface area contributed by atoms with Gasteiger partial charge in [-0.3, -0.25) is 0 Å². The minimum absolute atomic E-state index is 0.0201. The molecule has 1 spiro atoms. The Kier molecular flexibility index (Phi) is 10.4. The number of rotatable bonds is 16. The molecule has 41 heavy (non-hydrogen) atoms. The van der Waals surface area contributed by atoms with Crippen molar-refractivity contribution in [1.29, 1.82) is 0 Å². The molecule has 0 heterocycles. The lowest BCUT2D eigenvalue weighted by Gasteiger charge is -2.31. The van der Waals surface area contributed by atoms with E-state index in [4.69, 9.17) is 28.4 Å². The third-order valence-electron chi connectivity index (χ3n) is 8.48. The largest absolute Gasteiger partial charge is 0.487 e. The van der Waals surface area contributed by atoms with E-state index in [0.717, 1.165) is 35.5 Å². The minimum Gasteiger partial charge on any atom is -0.487 e. The Morgan fingerprint density at radius 1 is 0.585 bits per heavy atom. The van der Waals surface area contributed by atoms with Crippen LogP contribution in [-0.4, -0.2) is 77.3 Å². The third-order valence-corrected chi connectivity index (χ3v) is 8.48. The minimum atomic E-state index is -0.210. The summed E-state index contributed by atoms with van der Waals surface area (Å²) < 4.78 is 34.5. The molecule has 2 aliphatic rings. The second-order valence-electron chi connectivity index (χ2n) is 12.4. The summed E-state index contributed by atoms with van der Waals surface area (Å²) >= 11 is 0. The molecule has 0 aliphatic heterocycles. The van der Waals surface area contributed by atoms with Crippen molar-refractivity contribution in [3.8, 4) is 11.5 Å². The molecule has 0 radical (unpaired) electrons. The first kappa shape index (κ1) is 31.7. The van der Waals surface area contributed by atoms with Crippen LogP contribution in [-0.2, 0) is 48.4 Å².